The summed E-state index contributed by atoms with van der Waals surface area (Å²) in [4.78, 5) is 8.60. The fourth-order valence-corrected chi connectivity index (χ4v) is 2.43. The summed E-state index contributed by atoms with van der Waals surface area (Å²) < 4.78 is 5.34. The van der Waals surface area contributed by atoms with Crippen LogP contribution in [0.4, 0.5) is 0 Å². The van der Waals surface area contributed by atoms with Crippen molar-refractivity contribution in [3.63, 3.8) is 0 Å². The van der Waals surface area contributed by atoms with Gasteiger partial charge in [-0.2, -0.15) is 4.98 Å². The zero-order valence-electron chi connectivity index (χ0n) is 8.93. The zero-order valence-corrected chi connectivity index (χ0v) is 9.75. The van der Waals surface area contributed by atoms with E-state index in [0.29, 0.717) is 11.7 Å². The Bertz CT molecular complexity index is 473. The quantitative estimate of drug-likeness (QED) is 0.855. The van der Waals surface area contributed by atoms with Crippen molar-refractivity contribution in [2.75, 3.05) is 13.1 Å². The van der Waals surface area contributed by atoms with Gasteiger partial charge in [-0.25, -0.2) is 4.98 Å². The molecule has 1 fully saturated rings. The van der Waals surface area contributed by atoms with Gasteiger partial charge in [0.05, 0.1) is 10.9 Å². The van der Waals surface area contributed by atoms with E-state index in [1.807, 2.05) is 5.38 Å². The molecule has 0 bridgehead atoms. The molecule has 1 aliphatic rings. The van der Waals surface area contributed by atoms with Gasteiger partial charge in [-0.1, -0.05) is 5.16 Å². The molecular weight excluding hydrogens is 224 g/mol. The highest BCUT2D eigenvalue weighted by Crippen LogP contribution is 2.29. The molecule has 1 saturated heterocycles. The highest BCUT2D eigenvalue weighted by atomic mass is 32.1. The number of hydrogen-bond donors (Lipinski definition) is 1. The molecule has 0 spiro atoms. The third kappa shape index (κ3) is 1.54. The van der Waals surface area contributed by atoms with E-state index in [4.69, 9.17) is 4.52 Å². The van der Waals surface area contributed by atoms with Crippen molar-refractivity contribution in [2.45, 2.75) is 18.8 Å². The Kier molecular flexibility index (Phi) is 2.26. The minimum Gasteiger partial charge on any atom is -0.338 e. The van der Waals surface area contributed by atoms with Crippen LogP contribution in [0.3, 0.4) is 0 Å². The van der Waals surface area contributed by atoms with Gasteiger partial charge in [0.1, 0.15) is 5.69 Å². The van der Waals surface area contributed by atoms with Crippen LogP contribution in [-0.2, 0) is 5.41 Å². The molecule has 0 radical (unpaired) electrons. The molecule has 0 saturated carbocycles. The lowest BCUT2D eigenvalue weighted by atomic mass is 9.90. The zero-order chi connectivity index (χ0) is 11.0. The smallest absolute Gasteiger partial charge is 0.234 e. The van der Waals surface area contributed by atoms with Crippen LogP contribution in [0, 0.1) is 0 Å². The molecule has 1 aliphatic heterocycles. The summed E-state index contributed by atoms with van der Waals surface area (Å²) in [5.41, 5.74) is 2.53. The minimum absolute atomic E-state index is 0.0265. The van der Waals surface area contributed by atoms with Crippen molar-refractivity contribution in [3.05, 3.63) is 16.8 Å². The van der Waals surface area contributed by atoms with E-state index in [9.17, 15) is 0 Å². The first-order chi connectivity index (χ1) is 7.78. The molecule has 3 rings (SSSR count). The Morgan fingerprint density at radius 1 is 1.56 bits per heavy atom. The Hall–Kier alpha value is -1.27. The van der Waals surface area contributed by atoms with Crippen LogP contribution < -0.4 is 5.32 Å². The maximum Gasteiger partial charge on any atom is 0.234 e. The molecule has 3 heterocycles. The van der Waals surface area contributed by atoms with Crippen LogP contribution in [-0.4, -0.2) is 28.2 Å². The fraction of sp³-hybridized carbons (Fsp3) is 0.500. The number of hydrogen-bond acceptors (Lipinski definition) is 6. The van der Waals surface area contributed by atoms with E-state index in [1.54, 1.807) is 5.51 Å². The molecule has 1 N–H and O–H groups in total. The van der Waals surface area contributed by atoms with Crippen LogP contribution in [0.5, 0.6) is 0 Å². The average Bonchev–Trinajstić information content (AvgIpc) is 2.98. The third-order valence-corrected chi connectivity index (χ3v) is 3.56. The van der Waals surface area contributed by atoms with Gasteiger partial charge in [0, 0.05) is 11.9 Å². The highest BCUT2D eigenvalue weighted by Gasteiger charge is 2.36. The van der Waals surface area contributed by atoms with Gasteiger partial charge in [0.2, 0.25) is 11.7 Å². The third-order valence-electron chi connectivity index (χ3n) is 2.97. The first-order valence-electron chi connectivity index (χ1n) is 5.21. The second kappa shape index (κ2) is 3.64. The van der Waals surface area contributed by atoms with E-state index in [2.05, 4.69) is 27.4 Å². The van der Waals surface area contributed by atoms with Crippen molar-refractivity contribution in [2.24, 2.45) is 0 Å². The summed E-state index contributed by atoms with van der Waals surface area (Å²) >= 11 is 1.53. The number of nitrogens with zero attached hydrogens (tertiary/aromatic N) is 3. The van der Waals surface area contributed by atoms with Crippen LogP contribution in [0.1, 0.15) is 19.2 Å². The maximum absolute atomic E-state index is 5.34. The molecule has 2 aromatic heterocycles. The first-order valence-corrected chi connectivity index (χ1v) is 6.16. The van der Waals surface area contributed by atoms with Crippen molar-refractivity contribution in [3.8, 4) is 11.5 Å². The van der Waals surface area contributed by atoms with E-state index >= 15 is 0 Å². The molecular formula is C10H12N4OS. The molecule has 0 aromatic carbocycles. The SMILES string of the molecule is CC1(c2nc(-c3cscn3)no2)CCNC1. The lowest BCUT2D eigenvalue weighted by Gasteiger charge is -2.15. The molecule has 5 nitrogen and oxygen atoms in total. The molecule has 6 heteroatoms. The van der Waals surface area contributed by atoms with Crippen molar-refractivity contribution in [1.82, 2.24) is 20.4 Å². The molecule has 2 aromatic rings. The first kappa shape index (κ1) is 9.92. The van der Waals surface area contributed by atoms with E-state index in [0.717, 1.165) is 25.2 Å². The lowest BCUT2D eigenvalue weighted by molar-refractivity contribution is 0.306. The Morgan fingerprint density at radius 2 is 2.50 bits per heavy atom. The van der Waals surface area contributed by atoms with Gasteiger partial charge < -0.3 is 9.84 Å². The maximum atomic E-state index is 5.34. The summed E-state index contributed by atoms with van der Waals surface area (Å²) in [6.07, 6.45) is 1.03. The number of nitrogens with one attached hydrogen (secondary N) is 1. The van der Waals surface area contributed by atoms with Crippen molar-refractivity contribution in [1.29, 1.82) is 0 Å². The monoisotopic (exact) mass is 236 g/mol. The second-order valence-electron chi connectivity index (χ2n) is 4.28. The number of aromatic nitrogens is 3. The molecule has 1 atom stereocenters. The summed E-state index contributed by atoms with van der Waals surface area (Å²) in [5, 5.41) is 9.21. The highest BCUT2D eigenvalue weighted by molar-refractivity contribution is 7.07. The van der Waals surface area contributed by atoms with Crippen molar-refractivity contribution < 1.29 is 4.52 Å². The van der Waals surface area contributed by atoms with Crippen LogP contribution in [0.2, 0.25) is 0 Å². The Morgan fingerprint density at radius 3 is 3.19 bits per heavy atom. The van der Waals surface area contributed by atoms with Crippen molar-refractivity contribution >= 4 is 11.3 Å². The topological polar surface area (TPSA) is 63.8 Å². The Balaban J connectivity index is 1.93. The molecule has 0 amide bonds. The minimum atomic E-state index is -0.0265. The van der Waals surface area contributed by atoms with Gasteiger partial charge in [0.25, 0.3) is 0 Å². The molecule has 0 aliphatic carbocycles. The van der Waals surface area contributed by atoms with E-state index in [-0.39, 0.29) is 5.41 Å². The van der Waals surface area contributed by atoms with Crippen LogP contribution in [0.15, 0.2) is 15.4 Å². The van der Waals surface area contributed by atoms with E-state index in [1.165, 1.54) is 11.3 Å². The fourth-order valence-electron chi connectivity index (χ4n) is 1.90. The van der Waals surface area contributed by atoms with Crippen LogP contribution in [0.25, 0.3) is 11.5 Å². The van der Waals surface area contributed by atoms with Gasteiger partial charge in [-0.3, -0.25) is 0 Å². The largest absolute Gasteiger partial charge is 0.338 e. The molecule has 1 unspecified atom stereocenters. The van der Waals surface area contributed by atoms with Gasteiger partial charge in [-0.05, 0) is 19.9 Å². The number of rotatable bonds is 2. The predicted octanol–water partition coefficient (Wildman–Crippen LogP) is 1.44. The standard InChI is InChI=1S/C10H12N4OS/c1-10(2-3-11-5-10)9-13-8(14-15-9)7-4-16-6-12-7/h4,6,11H,2-3,5H2,1H3. The summed E-state index contributed by atoms with van der Waals surface area (Å²) in [7, 11) is 0. The summed E-state index contributed by atoms with van der Waals surface area (Å²) in [6, 6.07) is 0. The van der Waals surface area contributed by atoms with Crippen LogP contribution >= 0.6 is 11.3 Å². The second-order valence-corrected chi connectivity index (χ2v) is 5.00. The van der Waals surface area contributed by atoms with Gasteiger partial charge >= 0.3 is 0 Å². The van der Waals surface area contributed by atoms with Gasteiger partial charge in [-0.15, -0.1) is 11.3 Å². The number of thiazole rings is 1. The lowest BCUT2D eigenvalue weighted by Crippen LogP contribution is -2.25. The predicted molar refractivity (Wildman–Crippen MR) is 60.2 cm³/mol. The summed E-state index contributed by atoms with van der Waals surface area (Å²) in [6.45, 7) is 4.04. The van der Waals surface area contributed by atoms with E-state index < -0.39 is 0 Å². The molecule has 16 heavy (non-hydrogen) atoms. The van der Waals surface area contributed by atoms with Gasteiger partial charge in [0.15, 0.2) is 0 Å². The summed E-state index contributed by atoms with van der Waals surface area (Å²) in [5.74, 6) is 1.30. The average molecular weight is 236 g/mol. The normalized spacial score (nSPS) is 25.1. The Labute approximate surface area is 96.9 Å². The molecule has 84 valence electrons.